The average molecular weight is 344 g/mol. The molecule has 4 aliphatic carbocycles. The molecule has 0 aliphatic heterocycles. The summed E-state index contributed by atoms with van der Waals surface area (Å²) in [5.41, 5.74) is 1.15. The molecule has 4 bridgehead atoms. The highest BCUT2D eigenvalue weighted by atomic mass is 16.5. The molecule has 25 heavy (non-hydrogen) atoms. The first kappa shape index (κ1) is 17.2. The quantitative estimate of drug-likeness (QED) is 0.631. The molecule has 138 valence electrons. The van der Waals surface area contributed by atoms with Crippen molar-refractivity contribution in [1.29, 1.82) is 0 Å². The van der Waals surface area contributed by atoms with Crippen LogP contribution < -0.4 is 10.1 Å². The van der Waals surface area contributed by atoms with Gasteiger partial charge >= 0.3 is 0 Å². The van der Waals surface area contributed by atoms with Crippen molar-refractivity contribution in [3.8, 4) is 5.75 Å². The third-order valence-corrected chi connectivity index (χ3v) is 6.50. The zero-order valence-corrected chi connectivity index (χ0v) is 15.6. The van der Waals surface area contributed by atoms with E-state index >= 15 is 0 Å². The lowest BCUT2D eigenvalue weighted by atomic mass is 9.55. The van der Waals surface area contributed by atoms with Gasteiger partial charge in [0.2, 0.25) is 0 Å². The van der Waals surface area contributed by atoms with Crippen molar-refractivity contribution in [2.45, 2.75) is 58.0 Å². The second-order valence-corrected chi connectivity index (χ2v) is 8.42. The van der Waals surface area contributed by atoms with E-state index in [2.05, 4.69) is 36.5 Å². The Balaban J connectivity index is 1.17. The summed E-state index contributed by atoms with van der Waals surface area (Å²) in [5, 5.41) is 3.48. The Morgan fingerprint density at radius 3 is 2.24 bits per heavy atom. The normalized spacial score (nSPS) is 32.8. The van der Waals surface area contributed by atoms with Crippen molar-refractivity contribution in [2.24, 2.45) is 23.7 Å². The molecule has 1 aromatic rings. The summed E-state index contributed by atoms with van der Waals surface area (Å²) in [6.45, 7) is 4.70. The van der Waals surface area contributed by atoms with Crippen LogP contribution in [0.1, 0.15) is 51.9 Å². The number of anilines is 1. The molecule has 3 heteroatoms. The number of hydrogen-bond donors (Lipinski definition) is 1. The van der Waals surface area contributed by atoms with Crippen molar-refractivity contribution in [2.75, 3.05) is 25.1 Å². The molecule has 0 aromatic heterocycles. The number of benzene rings is 1. The van der Waals surface area contributed by atoms with Gasteiger partial charge in [-0.05, 0) is 86.5 Å². The minimum Gasteiger partial charge on any atom is -0.494 e. The zero-order chi connectivity index (χ0) is 17.1. The minimum absolute atomic E-state index is 0.545. The maximum atomic E-state index is 6.34. The highest BCUT2D eigenvalue weighted by molar-refractivity contribution is 5.46. The van der Waals surface area contributed by atoms with Crippen molar-refractivity contribution in [1.82, 2.24) is 0 Å². The lowest BCUT2D eigenvalue weighted by molar-refractivity contribution is -0.123. The number of unbranched alkanes of at least 4 members (excludes halogenated alkanes) is 1. The zero-order valence-electron chi connectivity index (χ0n) is 15.6. The first-order valence-corrected chi connectivity index (χ1v) is 10.4. The van der Waals surface area contributed by atoms with E-state index < -0.39 is 0 Å². The fraction of sp³-hybridized carbons (Fsp3) is 0.727. The molecule has 0 saturated heterocycles. The number of nitrogens with one attached hydrogen (secondary N) is 1. The largest absolute Gasteiger partial charge is 0.494 e. The van der Waals surface area contributed by atoms with Crippen LogP contribution in [0.15, 0.2) is 24.3 Å². The molecule has 1 N–H and O–H groups in total. The molecule has 0 atom stereocenters. The summed E-state index contributed by atoms with van der Waals surface area (Å²) in [4.78, 5) is 0. The molecule has 5 rings (SSSR count). The van der Waals surface area contributed by atoms with Crippen LogP contribution in [-0.2, 0) is 4.74 Å². The van der Waals surface area contributed by atoms with Gasteiger partial charge in [-0.2, -0.15) is 0 Å². The fourth-order valence-electron chi connectivity index (χ4n) is 5.54. The summed E-state index contributed by atoms with van der Waals surface area (Å²) in [7, 11) is 0. The van der Waals surface area contributed by atoms with Gasteiger partial charge in [-0.15, -0.1) is 0 Å². The van der Waals surface area contributed by atoms with E-state index in [1.165, 1.54) is 38.5 Å². The highest BCUT2D eigenvalue weighted by Gasteiger charge is 2.48. The van der Waals surface area contributed by atoms with Gasteiger partial charge < -0.3 is 14.8 Å². The van der Waals surface area contributed by atoms with Crippen LogP contribution in [0.3, 0.4) is 0 Å². The molecule has 1 aromatic carbocycles. The number of ether oxygens (including phenoxy) is 2. The van der Waals surface area contributed by atoms with Crippen LogP contribution in [0.4, 0.5) is 5.69 Å². The lowest BCUT2D eigenvalue weighted by Crippen LogP contribution is -2.49. The summed E-state index contributed by atoms with van der Waals surface area (Å²) in [6.07, 6.45) is 10.1. The maximum absolute atomic E-state index is 6.34. The first-order valence-electron chi connectivity index (χ1n) is 10.4. The molecule has 0 heterocycles. The first-order chi connectivity index (χ1) is 12.3. The Kier molecular flexibility index (Phi) is 5.50. The van der Waals surface area contributed by atoms with Crippen molar-refractivity contribution < 1.29 is 9.47 Å². The predicted molar refractivity (Wildman–Crippen MR) is 102 cm³/mol. The van der Waals surface area contributed by atoms with Crippen molar-refractivity contribution in [3.63, 3.8) is 0 Å². The molecule has 3 nitrogen and oxygen atoms in total. The molecule has 0 radical (unpaired) electrons. The molecule has 4 aliphatic rings. The Hall–Kier alpha value is -1.22. The van der Waals surface area contributed by atoms with Gasteiger partial charge in [-0.1, -0.05) is 13.3 Å². The van der Waals surface area contributed by atoms with Crippen LogP contribution in [-0.4, -0.2) is 25.9 Å². The minimum atomic E-state index is 0.545. The highest BCUT2D eigenvalue weighted by Crippen LogP contribution is 2.54. The van der Waals surface area contributed by atoms with Gasteiger partial charge in [0, 0.05) is 12.2 Å². The number of hydrogen-bond acceptors (Lipinski definition) is 3. The van der Waals surface area contributed by atoms with E-state index in [1.807, 2.05) is 0 Å². The van der Waals surface area contributed by atoms with Gasteiger partial charge in [0.1, 0.15) is 5.75 Å². The van der Waals surface area contributed by atoms with Crippen LogP contribution in [0.2, 0.25) is 0 Å². The third-order valence-electron chi connectivity index (χ3n) is 6.50. The van der Waals surface area contributed by atoms with Gasteiger partial charge in [-0.25, -0.2) is 0 Å². The second-order valence-electron chi connectivity index (χ2n) is 8.42. The van der Waals surface area contributed by atoms with Crippen LogP contribution in [0.5, 0.6) is 5.75 Å². The van der Waals surface area contributed by atoms with Crippen LogP contribution >= 0.6 is 0 Å². The molecular formula is C22H33NO2. The van der Waals surface area contributed by atoms with Gasteiger partial charge in [-0.3, -0.25) is 0 Å². The van der Waals surface area contributed by atoms with Gasteiger partial charge in [0.05, 0.1) is 19.3 Å². The van der Waals surface area contributed by atoms with E-state index in [0.717, 1.165) is 61.3 Å². The Labute approximate surface area is 152 Å². The van der Waals surface area contributed by atoms with Gasteiger partial charge in [0.25, 0.3) is 0 Å². The third kappa shape index (κ3) is 4.13. The van der Waals surface area contributed by atoms with E-state index in [-0.39, 0.29) is 0 Å². The standard InChI is InChI=1S/C22H33NO2/c1-2-3-9-24-21-6-4-20(5-7-21)23-8-10-25-22-18-12-16-11-17(14-18)15-19(22)13-16/h4-7,16-19,22-23H,2-3,8-15H2,1H3. The summed E-state index contributed by atoms with van der Waals surface area (Å²) >= 11 is 0. The van der Waals surface area contributed by atoms with Crippen LogP contribution in [0.25, 0.3) is 0 Å². The monoisotopic (exact) mass is 343 g/mol. The smallest absolute Gasteiger partial charge is 0.119 e. The van der Waals surface area contributed by atoms with Crippen LogP contribution in [0, 0.1) is 23.7 Å². The SMILES string of the molecule is CCCCOc1ccc(NCCOC2C3CC4CC(C3)CC2C4)cc1. The molecule has 0 amide bonds. The topological polar surface area (TPSA) is 30.5 Å². The summed E-state index contributed by atoms with van der Waals surface area (Å²) in [5.74, 6) is 4.73. The molecule has 4 saturated carbocycles. The summed E-state index contributed by atoms with van der Waals surface area (Å²) < 4.78 is 12.1. The van der Waals surface area contributed by atoms with Gasteiger partial charge in [0.15, 0.2) is 0 Å². The van der Waals surface area contributed by atoms with E-state index in [1.54, 1.807) is 0 Å². The average Bonchev–Trinajstić information content (AvgIpc) is 2.61. The van der Waals surface area contributed by atoms with E-state index in [9.17, 15) is 0 Å². The fourth-order valence-corrected chi connectivity index (χ4v) is 5.54. The molecular weight excluding hydrogens is 310 g/mol. The maximum Gasteiger partial charge on any atom is 0.119 e. The lowest BCUT2D eigenvalue weighted by Gasteiger charge is -2.54. The summed E-state index contributed by atoms with van der Waals surface area (Å²) in [6, 6.07) is 8.31. The Morgan fingerprint density at radius 1 is 0.920 bits per heavy atom. The van der Waals surface area contributed by atoms with Crippen molar-refractivity contribution >= 4 is 5.69 Å². The number of rotatable bonds is 9. The molecule has 0 unspecified atom stereocenters. The molecule has 0 spiro atoms. The van der Waals surface area contributed by atoms with E-state index in [4.69, 9.17) is 9.47 Å². The Morgan fingerprint density at radius 2 is 1.60 bits per heavy atom. The van der Waals surface area contributed by atoms with E-state index in [0.29, 0.717) is 6.10 Å². The predicted octanol–water partition coefficient (Wildman–Crippen LogP) is 5.12. The second kappa shape index (κ2) is 7.99. The van der Waals surface area contributed by atoms with Crippen molar-refractivity contribution in [3.05, 3.63) is 24.3 Å². The molecule has 4 fully saturated rings. The Bertz CT molecular complexity index is 513.